The molecule has 3 aliphatic rings. The summed E-state index contributed by atoms with van der Waals surface area (Å²) >= 11 is 0. The molecule has 2 saturated carbocycles. The van der Waals surface area contributed by atoms with Crippen molar-refractivity contribution in [3.63, 3.8) is 0 Å². The van der Waals surface area contributed by atoms with Crippen molar-refractivity contribution in [1.82, 2.24) is 4.90 Å². The van der Waals surface area contributed by atoms with Crippen LogP contribution in [0.4, 0.5) is 0 Å². The van der Waals surface area contributed by atoms with Gasteiger partial charge in [0.2, 0.25) is 0 Å². The number of amidine groups is 1. The summed E-state index contributed by atoms with van der Waals surface area (Å²) in [6, 6.07) is 0.626. The van der Waals surface area contributed by atoms with Crippen molar-refractivity contribution < 1.29 is 0 Å². The third-order valence-electron chi connectivity index (χ3n) is 5.91. The summed E-state index contributed by atoms with van der Waals surface area (Å²) < 4.78 is 0. The zero-order valence-corrected chi connectivity index (χ0v) is 11.6. The van der Waals surface area contributed by atoms with Crippen molar-refractivity contribution in [3.8, 4) is 0 Å². The van der Waals surface area contributed by atoms with Gasteiger partial charge in [-0.25, -0.2) is 0 Å². The van der Waals surface area contributed by atoms with Gasteiger partial charge in [0, 0.05) is 19.0 Å². The van der Waals surface area contributed by atoms with Crippen molar-refractivity contribution in [3.05, 3.63) is 0 Å². The van der Waals surface area contributed by atoms with Crippen molar-refractivity contribution in [2.45, 2.75) is 65.3 Å². The molecule has 1 aliphatic heterocycles. The predicted octanol–water partition coefficient (Wildman–Crippen LogP) is 3.66. The largest absolute Gasteiger partial charge is 0.356 e. The van der Waals surface area contributed by atoms with Gasteiger partial charge < -0.3 is 4.90 Å². The average Bonchev–Trinajstić information content (AvgIpc) is 2.72. The van der Waals surface area contributed by atoms with Crippen LogP contribution < -0.4 is 0 Å². The molecule has 2 bridgehead atoms. The second-order valence-corrected chi connectivity index (χ2v) is 7.41. The monoisotopic (exact) mass is 234 g/mol. The first-order valence-electron chi connectivity index (χ1n) is 7.29. The third kappa shape index (κ3) is 1.49. The molecular formula is C15H26N2. The molecule has 2 nitrogen and oxygen atoms in total. The Morgan fingerprint density at radius 3 is 2.59 bits per heavy atom. The van der Waals surface area contributed by atoms with Gasteiger partial charge in [-0.3, -0.25) is 5.41 Å². The van der Waals surface area contributed by atoms with Gasteiger partial charge in [0.05, 0.1) is 5.84 Å². The number of nitrogens with zero attached hydrogens (tertiary/aromatic N) is 1. The van der Waals surface area contributed by atoms with E-state index in [-0.39, 0.29) is 0 Å². The van der Waals surface area contributed by atoms with E-state index in [0.29, 0.717) is 16.9 Å². The molecule has 3 rings (SSSR count). The van der Waals surface area contributed by atoms with Crippen molar-refractivity contribution in [1.29, 1.82) is 5.41 Å². The van der Waals surface area contributed by atoms with Crippen LogP contribution in [-0.2, 0) is 0 Å². The number of hydrogen-bond donors (Lipinski definition) is 1. The number of fused-ring (bicyclic) bond motifs is 2. The van der Waals surface area contributed by atoms with Crippen LogP contribution in [0.5, 0.6) is 0 Å². The Bertz CT molecular complexity index is 342. The number of piperidine rings is 1. The lowest BCUT2D eigenvalue weighted by atomic mass is 9.67. The zero-order chi connectivity index (χ0) is 12.3. The summed E-state index contributed by atoms with van der Waals surface area (Å²) in [5.74, 6) is 1.82. The van der Waals surface area contributed by atoms with Gasteiger partial charge in [-0.2, -0.15) is 0 Å². The van der Waals surface area contributed by atoms with Gasteiger partial charge in [-0.15, -0.1) is 0 Å². The number of rotatable bonds is 1. The standard InChI is InChI=1S/C15H26N2/c1-14(2)11-7-8-15(3,10-11)13(14)17-9-5-4-6-12(17)16/h11,13,16H,4-10H2,1-3H3. The van der Waals surface area contributed by atoms with Gasteiger partial charge >= 0.3 is 0 Å². The number of nitrogens with one attached hydrogen (secondary N) is 1. The molecule has 1 saturated heterocycles. The van der Waals surface area contributed by atoms with E-state index in [1.807, 2.05) is 0 Å². The molecular weight excluding hydrogens is 208 g/mol. The second kappa shape index (κ2) is 3.49. The third-order valence-corrected chi connectivity index (χ3v) is 5.91. The van der Waals surface area contributed by atoms with E-state index in [9.17, 15) is 0 Å². The molecule has 0 spiro atoms. The molecule has 3 fully saturated rings. The predicted molar refractivity (Wildman–Crippen MR) is 71.3 cm³/mol. The van der Waals surface area contributed by atoms with Crippen LogP contribution in [0.25, 0.3) is 0 Å². The molecule has 1 N–H and O–H groups in total. The van der Waals surface area contributed by atoms with Crippen LogP contribution in [-0.4, -0.2) is 23.3 Å². The first-order valence-corrected chi connectivity index (χ1v) is 7.29. The highest BCUT2D eigenvalue weighted by atomic mass is 15.2. The van der Waals surface area contributed by atoms with E-state index in [1.54, 1.807) is 0 Å². The highest BCUT2D eigenvalue weighted by Crippen LogP contribution is 2.64. The Kier molecular flexibility index (Phi) is 2.37. The summed E-state index contributed by atoms with van der Waals surface area (Å²) in [5, 5.41) is 8.28. The van der Waals surface area contributed by atoms with E-state index in [4.69, 9.17) is 5.41 Å². The fraction of sp³-hybridized carbons (Fsp3) is 0.933. The van der Waals surface area contributed by atoms with E-state index in [1.165, 1.54) is 32.1 Å². The lowest BCUT2D eigenvalue weighted by Gasteiger charge is -2.51. The van der Waals surface area contributed by atoms with Crippen LogP contribution in [0.3, 0.4) is 0 Å². The lowest BCUT2D eigenvalue weighted by molar-refractivity contribution is 0.0387. The Balaban J connectivity index is 1.93. The topological polar surface area (TPSA) is 27.1 Å². The molecule has 2 heteroatoms. The molecule has 3 unspecified atom stereocenters. The fourth-order valence-corrected chi connectivity index (χ4v) is 5.19. The van der Waals surface area contributed by atoms with Gasteiger partial charge in [-0.05, 0) is 48.9 Å². The number of hydrogen-bond acceptors (Lipinski definition) is 1. The molecule has 0 aromatic carbocycles. The van der Waals surface area contributed by atoms with Crippen LogP contribution >= 0.6 is 0 Å². The van der Waals surface area contributed by atoms with Gasteiger partial charge in [0.15, 0.2) is 0 Å². The van der Waals surface area contributed by atoms with E-state index < -0.39 is 0 Å². The normalized spacial score (nSPS) is 44.4. The lowest BCUT2D eigenvalue weighted by Crippen LogP contribution is -2.55. The Morgan fingerprint density at radius 1 is 1.24 bits per heavy atom. The van der Waals surface area contributed by atoms with Crippen LogP contribution in [0.1, 0.15) is 59.3 Å². The Morgan fingerprint density at radius 2 is 2.00 bits per heavy atom. The average molecular weight is 234 g/mol. The molecule has 1 heterocycles. The summed E-state index contributed by atoms with van der Waals surface area (Å²) in [4.78, 5) is 2.47. The van der Waals surface area contributed by atoms with Crippen LogP contribution in [0.15, 0.2) is 0 Å². The van der Waals surface area contributed by atoms with Crippen LogP contribution in [0.2, 0.25) is 0 Å². The smallest absolute Gasteiger partial charge is 0.0960 e. The molecule has 0 aromatic rings. The van der Waals surface area contributed by atoms with Crippen molar-refractivity contribution in [2.75, 3.05) is 6.54 Å². The quantitative estimate of drug-likeness (QED) is 0.736. The van der Waals surface area contributed by atoms with E-state index in [0.717, 1.165) is 24.7 Å². The minimum atomic E-state index is 0.413. The fourth-order valence-electron chi connectivity index (χ4n) is 5.19. The van der Waals surface area contributed by atoms with Crippen LogP contribution in [0, 0.1) is 22.2 Å². The molecule has 96 valence electrons. The van der Waals surface area contributed by atoms with Crippen molar-refractivity contribution in [2.24, 2.45) is 16.7 Å². The maximum absolute atomic E-state index is 8.28. The summed E-state index contributed by atoms with van der Waals surface area (Å²) in [7, 11) is 0. The van der Waals surface area contributed by atoms with Gasteiger partial charge in [0.1, 0.15) is 0 Å². The Hall–Kier alpha value is -0.530. The molecule has 0 aromatic heterocycles. The molecule has 0 amide bonds. The van der Waals surface area contributed by atoms with Gasteiger partial charge in [-0.1, -0.05) is 20.8 Å². The minimum absolute atomic E-state index is 0.413. The summed E-state index contributed by atoms with van der Waals surface area (Å²) in [5.41, 5.74) is 0.897. The maximum atomic E-state index is 8.28. The minimum Gasteiger partial charge on any atom is -0.356 e. The molecule has 17 heavy (non-hydrogen) atoms. The molecule has 2 aliphatic carbocycles. The first-order chi connectivity index (χ1) is 7.95. The van der Waals surface area contributed by atoms with E-state index >= 15 is 0 Å². The number of likely N-dealkylation sites (tertiary alicyclic amines) is 1. The van der Waals surface area contributed by atoms with Crippen molar-refractivity contribution >= 4 is 5.84 Å². The second-order valence-electron chi connectivity index (χ2n) is 7.41. The van der Waals surface area contributed by atoms with E-state index in [2.05, 4.69) is 25.7 Å². The Labute approximate surface area is 105 Å². The maximum Gasteiger partial charge on any atom is 0.0960 e. The first kappa shape index (κ1) is 11.6. The summed E-state index contributed by atoms with van der Waals surface area (Å²) in [6.07, 6.45) is 7.72. The zero-order valence-electron chi connectivity index (χ0n) is 11.6. The highest BCUT2D eigenvalue weighted by molar-refractivity contribution is 5.80. The molecule has 0 radical (unpaired) electrons. The summed E-state index contributed by atoms with van der Waals surface area (Å²) in [6.45, 7) is 8.52. The highest BCUT2D eigenvalue weighted by Gasteiger charge is 2.61. The SMILES string of the molecule is CC12CCC(C1)C(C)(C)C2N1CCCCC1=N. The molecule has 3 atom stereocenters. The van der Waals surface area contributed by atoms with Gasteiger partial charge in [0.25, 0.3) is 0 Å².